The molecule has 1 aliphatic rings. The van der Waals surface area contributed by atoms with E-state index >= 15 is 0 Å². The van der Waals surface area contributed by atoms with Gasteiger partial charge in [0.05, 0.1) is 12.2 Å². The summed E-state index contributed by atoms with van der Waals surface area (Å²) < 4.78 is 1.92. The summed E-state index contributed by atoms with van der Waals surface area (Å²) in [5.41, 5.74) is 1.02. The number of aryl methyl sites for hydroxylation is 1. The summed E-state index contributed by atoms with van der Waals surface area (Å²) in [6.07, 6.45) is 4.43. The number of carbonyl (C=O) groups is 1. The van der Waals surface area contributed by atoms with Crippen LogP contribution in [0.5, 0.6) is 0 Å². The third kappa shape index (κ3) is 1.22. The highest BCUT2D eigenvalue weighted by Gasteiger charge is 2.31. The summed E-state index contributed by atoms with van der Waals surface area (Å²) in [5, 5.41) is 0. The minimum atomic E-state index is 0.0255. The molecule has 0 spiro atoms. The molecule has 0 radical (unpaired) electrons. The highest BCUT2D eigenvalue weighted by Crippen LogP contribution is 2.26. The van der Waals surface area contributed by atoms with Crippen molar-refractivity contribution in [2.75, 3.05) is 13.6 Å². The quantitative estimate of drug-likeness (QED) is 0.624. The average molecular weight is 179 g/mol. The minimum Gasteiger partial charge on any atom is -0.345 e. The van der Waals surface area contributed by atoms with E-state index < -0.39 is 0 Å². The van der Waals surface area contributed by atoms with E-state index in [-0.39, 0.29) is 11.8 Å². The highest BCUT2D eigenvalue weighted by molar-refractivity contribution is 5.85. The average Bonchev–Trinajstić information content (AvgIpc) is 2.62. The van der Waals surface area contributed by atoms with Gasteiger partial charge in [0.15, 0.2) is 0 Å². The van der Waals surface area contributed by atoms with E-state index in [1.165, 1.54) is 0 Å². The van der Waals surface area contributed by atoms with Gasteiger partial charge in [-0.05, 0) is 6.42 Å². The number of amides is 1. The fourth-order valence-corrected chi connectivity index (χ4v) is 1.80. The molecule has 4 nitrogen and oxygen atoms in total. The molecule has 1 atom stereocenters. The first kappa shape index (κ1) is 8.29. The summed E-state index contributed by atoms with van der Waals surface area (Å²) >= 11 is 0. The zero-order valence-corrected chi connectivity index (χ0v) is 7.90. The van der Waals surface area contributed by atoms with Crippen LogP contribution < -0.4 is 0 Å². The first-order valence-electron chi connectivity index (χ1n) is 4.41. The zero-order chi connectivity index (χ0) is 9.42. The van der Waals surface area contributed by atoms with Gasteiger partial charge in [-0.15, -0.1) is 0 Å². The van der Waals surface area contributed by atoms with E-state index in [2.05, 4.69) is 4.98 Å². The van der Waals surface area contributed by atoms with Gasteiger partial charge in [-0.2, -0.15) is 0 Å². The Morgan fingerprint density at radius 3 is 2.77 bits per heavy atom. The first-order chi connectivity index (χ1) is 6.20. The van der Waals surface area contributed by atoms with Crippen LogP contribution in [0.2, 0.25) is 0 Å². The predicted molar refractivity (Wildman–Crippen MR) is 48.2 cm³/mol. The summed E-state index contributed by atoms with van der Waals surface area (Å²) in [5.74, 6) is 0.237. The lowest BCUT2D eigenvalue weighted by atomic mass is 10.1. The molecule has 1 saturated heterocycles. The Labute approximate surface area is 77.2 Å². The molecule has 0 aliphatic carbocycles. The Kier molecular flexibility index (Phi) is 1.83. The second-order valence-electron chi connectivity index (χ2n) is 3.53. The van der Waals surface area contributed by atoms with Crippen LogP contribution in [-0.4, -0.2) is 34.0 Å². The summed E-state index contributed by atoms with van der Waals surface area (Å²) in [7, 11) is 3.77. The number of likely N-dealkylation sites (tertiary alicyclic amines) is 1. The number of hydrogen-bond donors (Lipinski definition) is 0. The fourth-order valence-electron chi connectivity index (χ4n) is 1.80. The maximum absolute atomic E-state index is 11.6. The van der Waals surface area contributed by atoms with Gasteiger partial charge in [0.25, 0.3) is 0 Å². The number of likely N-dealkylation sites (N-methyl/N-ethyl adjacent to an activating group) is 1. The smallest absolute Gasteiger partial charge is 0.231 e. The number of carbonyl (C=O) groups excluding carboxylic acids is 1. The summed E-state index contributed by atoms with van der Waals surface area (Å²) in [6.45, 7) is 0.856. The number of rotatable bonds is 1. The van der Waals surface area contributed by atoms with Crippen molar-refractivity contribution in [2.45, 2.75) is 12.3 Å². The molecule has 1 fully saturated rings. The normalized spacial score (nSPS) is 22.8. The van der Waals surface area contributed by atoms with Gasteiger partial charge in [0.1, 0.15) is 0 Å². The van der Waals surface area contributed by atoms with Crippen LogP contribution in [0, 0.1) is 0 Å². The molecule has 0 bridgehead atoms. The predicted octanol–water partition coefficient (Wildman–Crippen LogP) is 0.366. The monoisotopic (exact) mass is 179 g/mol. The van der Waals surface area contributed by atoms with Crippen molar-refractivity contribution in [1.29, 1.82) is 0 Å². The molecule has 2 rings (SSSR count). The van der Waals surface area contributed by atoms with Crippen LogP contribution in [0.25, 0.3) is 0 Å². The van der Waals surface area contributed by atoms with Crippen molar-refractivity contribution in [3.05, 3.63) is 18.2 Å². The Balaban J connectivity index is 2.28. The van der Waals surface area contributed by atoms with Crippen LogP contribution in [0.3, 0.4) is 0 Å². The number of nitrogens with zero attached hydrogens (tertiary/aromatic N) is 3. The fraction of sp³-hybridized carbons (Fsp3) is 0.556. The van der Waals surface area contributed by atoms with E-state index in [0.717, 1.165) is 18.7 Å². The summed E-state index contributed by atoms with van der Waals surface area (Å²) in [4.78, 5) is 17.4. The molecule has 2 heterocycles. The molecule has 1 aromatic heterocycles. The zero-order valence-electron chi connectivity index (χ0n) is 7.90. The van der Waals surface area contributed by atoms with E-state index in [0.29, 0.717) is 0 Å². The third-order valence-electron chi connectivity index (χ3n) is 2.64. The van der Waals surface area contributed by atoms with Crippen molar-refractivity contribution in [2.24, 2.45) is 7.05 Å². The molecule has 4 heteroatoms. The van der Waals surface area contributed by atoms with E-state index in [4.69, 9.17) is 0 Å². The standard InChI is InChI=1S/C9H13N3O/c1-11-4-3-7(9(11)13)8-5-10-6-12(8)2/h5-7H,3-4H2,1-2H3. The van der Waals surface area contributed by atoms with Gasteiger partial charge in [0, 0.05) is 32.5 Å². The maximum Gasteiger partial charge on any atom is 0.231 e. The van der Waals surface area contributed by atoms with E-state index in [9.17, 15) is 4.79 Å². The molecular weight excluding hydrogens is 166 g/mol. The largest absolute Gasteiger partial charge is 0.345 e. The second kappa shape index (κ2) is 2.87. The Morgan fingerprint density at radius 1 is 1.54 bits per heavy atom. The highest BCUT2D eigenvalue weighted by atomic mass is 16.2. The number of aromatic nitrogens is 2. The van der Waals surface area contributed by atoms with Crippen LogP contribution in [0.1, 0.15) is 18.0 Å². The molecule has 0 saturated carbocycles. The third-order valence-corrected chi connectivity index (χ3v) is 2.64. The molecule has 0 aromatic carbocycles. The number of hydrogen-bond acceptors (Lipinski definition) is 2. The molecule has 0 N–H and O–H groups in total. The topological polar surface area (TPSA) is 38.1 Å². The van der Waals surface area contributed by atoms with Gasteiger partial charge in [-0.1, -0.05) is 0 Å². The van der Waals surface area contributed by atoms with Gasteiger partial charge in [0.2, 0.25) is 5.91 Å². The van der Waals surface area contributed by atoms with Crippen LogP contribution in [0.15, 0.2) is 12.5 Å². The Bertz CT molecular complexity index is 331. The van der Waals surface area contributed by atoms with E-state index in [1.807, 2.05) is 18.7 Å². The van der Waals surface area contributed by atoms with Gasteiger partial charge in [-0.25, -0.2) is 4.98 Å². The second-order valence-corrected chi connectivity index (χ2v) is 3.53. The van der Waals surface area contributed by atoms with Crippen LogP contribution in [-0.2, 0) is 11.8 Å². The Morgan fingerprint density at radius 2 is 2.31 bits per heavy atom. The van der Waals surface area contributed by atoms with Crippen LogP contribution >= 0.6 is 0 Å². The van der Waals surface area contributed by atoms with Crippen molar-refractivity contribution >= 4 is 5.91 Å². The van der Waals surface area contributed by atoms with Crippen molar-refractivity contribution in [1.82, 2.24) is 14.5 Å². The van der Waals surface area contributed by atoms with Gasteiger partial charge >= 0.3 is 0 Å². The molecule has 13 heavy (non-hydrogen) atoms. The van der Waals surface area contributed by atoms with E-state index in [1.54, 1.807) is 17.4 Å². The number of imidazole rings is 1. The van der Waals surface area contributed by atoms with Gasteiger partial charge < -0.3 is 9.47 Å². The maximum atomic E-state index is 11.6. The summed E-state index contributed by atoms with van der Waals surface area (Å²) in [6, 6.07) is 0. The molecule has 1 aliphatic heterocycles. The van der Waals surface area contributed by atoms with Gasteiger partial charge in [-0.3, -0.25) is 4.79 Å². The van der Waals surface area contributed by atoms with Crippen molar-refractivity contribution in [3.8, 4) is 0 Å². The molecule has 1 amide bonds. The van der Waals surface area contributed by atoms with Crippen LogP contribution in [0.4, 0.5) is 0 Å². The first-order valence-corrected chi connectivity index (χ1v) is 4.41. The minimum absolute atomic E-state index is 0.0255. The molecule has 1 unspecified atom stereocenters. The Hall–Kier alpha value is -1.32. The van der Waals surface area contributed by atoms with Crippen molar-refractivity contribution < 1.29 is 4.79 Å². The molecule has 70 valence electrons. The lowest BCUT2D eigenvalue weighted by molar-refractivity contribution is -0.127. The SMILES string of the molecule is CN1CCC(c2cncn2C)C1=O. The van der Waals surface area contributed by atoms with Crippen molar-refractivity contribution in [3.63, 3.8) is 0 Å². The lowest BCUT2D eigenvalue weighted by Crippen LogP contribution is -2.22. The lowest BCUT2D eigenvalue weighted by Gasteiger charge is -2.10. The molecular formula is C9H13N3O. The molecule has 1 aromatic rings.